The minimum absolute atomic E-state index is 0.240. The van der Waals surface area contributed by atoms with Gasteiger partial charge in [-0.25, -0.2) is 14.4 Å². The molecule has 0 aliphatic heterocycles. The summed E-state index contributed by atoms with van der Waals surface area (Å²) in [5, 5.41) is 3.35. The molecule has 0 atom stereocenters. The predicted octanol–water partition coefficient (Wildman–Crippen LogP) is 4.08. The first-order valence-corrected chi connectivity index (χ1v) is 5.94. The van der Waals surface area contributed by atoms with E-state index in [1.54, 1.807) is 19.1 Å². The van der Waals surface area contributed by atoms with Gasteiger partial charge in [-0.2, -0.15) is 0 Å². The molecule has 0 fully saturated rings. The molecule has 0 bridgehead atoms. The van der Waals surface area contributed by atoms with Gasteiger partial charge in [0.2, 0.25) is 0 Å². The normalized spacial score (nSPS) is 10.4. The molecule has 6 heteroatoms. The van der Waals surface area contributed by atoms with Crippen molar-refractivity contribution in [1.82, 2.24) is 9.97 Å². The molecule has 0 unspecified atom stereocenters. The second kappa shape index (κ2) is 4.98. The first kappa shape index (κ1) is 12.3. The Balaban J connectivity index is 2.31. The van der Waals surface area contributed by atoms with Crippen molar-refractivity contribution in [3.8, 4) is 0 Å². The van der Waals surface area contributed by atoms with Crippen molar-refractivity contribution in [3.05, 3.63) is 45.5 Å². The number of anilines is 2. The number of nitrogens with one attached hydrogen (secondary N) is 1. The van der Waals surface area contributed by atoms with Crippen LogP contribution in [-0.4, -0.2) is 9.97 Å². The molecule has 1 N–H and O–H groups in total. The Bertz CT molecular complexity index is 562. The van der Waals surface area contributed by atoms with E-state index in [1.807, 2.05) is 0 Å². The highest BCUT2D eigenvalue weighted by Gasteiger charge is 2.07. The molecule has 2 aromatic rings. The molecule has 1 heterocycles. The molecule has 1 aromatic heterocycles. The third kappa shape index (κ3) is 2.73. The van der Waals surface area contributed by atoms with E-state index in [0.717, 1.165) is 5.69 Å². The molecule has 2 rings (SSSR count). The van der Waals surface area contributed by atoms with Gasteiger partial charge in [0.05, 0.1) is 4.47 Å². The quantitative estimate of drug-likeness (QED) is 0.848. The van der Waals surface area contributed by atoms with Crippen LogP contribution in [-0.2, 0) is 0 Å². The number of hydrogen-bond acceptors (Lipinski definition) is 3. The van der Waals surface area contributed by atoms with Crippen molar-refractivity contribution in [2.75, 3.05) is 5.32 Å². The minimum Gasteiger partial charge on any atom is -0.339 e. The zero-order valence-corrected chi connectivity index (χ0v) is 11.2. The lowest BCUT2D eigenvalue weighted by atomic mass is 10.2. The van der Waals surface area contributed by atoms with Crippen LogP contribution in [0.3, 0.4) is 0 Å². The lowest BCUT2D eigenvalue weighted by Crippen LogP contribution is -1.97. The SMILES string of the molecule is Cc1cc(Nc2ncnc(Cl)c2Br)ccc1F. The molecule has 1 aromatic carbocycles. The summed E-state index contributed by atoms with van der Waals surface area (Å²) in [5.74, 6) is 0.298. The average Bonchev–Trinajstić information content (AvgIpc) is 2.30. The molecule has 0 amide bonds. The molecule has 0 aliphatic carbocycles. The summed E-state index contributed by atoms with van der Waals surface area (Å²) in [6, 6.07) is 4.72. The van der Waals surface area contributed by atoms with Gasteiger partial charge in [0, 0.05) is 5.69 Å². The van der Waals surface area contributed by atoms with E-state index < -0.39 is 0 Å². The van der Waals surface area contributed by atoms with E-state index in [4.69, 9.17) is 11.6 Å². The molecule has 3 nitrogen and oxygen atoms in total. The van der Waals surface area contributed by atoms with Crippen LogP contribution >= 0.6 is 27.5 Å². The van der Waals surface area contributed by atoms with Gasteiger partial charge < -0.3 is 5.32 Å². The third-order valence-corrected chi connectivity index (χ3v) is 3.43. The van der Waals surface area contributed by atoms with Gasteiger partial charge >= 0.3 is 0 Å². The van der Waals surface area contributed by atoms with Gasteiger partial charge in [0.25, 0.3) is 0 Å². The van der Waals surface area contributed by atoms with E-state index in [-0.39, 0.29) is 5.82 Å². The van der Waals surface area contributed by atoms with Crippen LogP contribution in [0.5, 0.6) is 0 Å². The van der Waals surface area contributed by atoms with Crippen molar-refractivity contribution in [2.24, 2.45) is 0 Å². The van der Waals surface area contributed by atoms with Crippen molar-refractivity contribution < 1.29 is 4.39 Å². The van der Waals surface area contributed by atoms with Crippen LogP contribution in [0, 0.1) is 12.7 Å². The van der Waals surface area contributed by atoms with E-state index in [1.165, 1.54) is 12.4 Å². The van der Waals surface area contributed by atoms with Gasteiger partial charge in [-0.15, -0.1) is 0 Å². The molecule has 0 aliphatic rings. The van der Waals surface area contributed by atoms with Gasteiger partial charge in [-0.05, 0) is 46.6 Å². The Morgan fingerprint density at radius 2 is 2.12 bits per heavy atom. The van der Waals surface area contributed by atoms with Crippen LogP contribution in [0.2, 0.25) is 5.15 Å². The second-order valence-corrected chi connectivity index (χ2v) is 4.57. The van der Waals surface area contributed by atoms with E-state index in [9.17, 15) is 4.39 Å². The molecule has 17 heavy (non-hydrogen) atoms. The minimum atomic E-state index is -0.240. The number of benzene rings is 1. The summed E-state index contributed by atoms with van der Waals surface area (Å²) >= 11 is 9.12. The number of hydrogen-bond donors (Lipinski definition) is 1. The maximum Gasteiger partial charge on any atom is 0.149 e. The first-order chi connectivity index (χ1) is 8.08. The van der Waals surface area contributed by atoms with Crippen molar-refractivity contribution in [1.29, 1.82) is 0 Å². The number of rotatable bonds is 2. The lowest BCUT2D eigenvalue weighted by molar-refractivity contribution is 0.619. The molecule has 0 radical (unpaired) electrons. The van der Waals surface area contributed by atoms with Crippen LogP contribution in [0.15, 0.2) is 29.0 Å². The summed E-state index contributed by atoms with van der Waals surface area (Å²) in [4.78, 5) is 7.86. The Labute approximate surface area is 111 Å². The number of halogens is 3. The summed E-state index contributed by atoms with van der Waals surface area (Å²) in [5.41, 5.74) is 1.30. The van der Waals surface area contributed by atoms with Crippen molar-refractivity contribution in [2.45, 2.75) is 6.92 Å². The fraction of sp³-hybridized carbons (Fsp3) is 0.0909. The maximum atomic E-state index is 13.1. The monoisotopic (exact) mass is 315 g/mol. The van der Waals surface area contributed by atoms with Gasteiger partial charge in [-0.3, -0.25) is 0 Å². The second-order valence-electron chi connectivity index (χ2n) is 3.42. The fourth-order valence-electron chi connectivity index (χ4n) is 1.29. The molecular formula is C11H8BrClFN3. The zero-order chi connectivity index (χ0) is 12.4. The third-order valence-electron chi connectivity index (χ3n) is 2.17. The van der Waals surface area contributed by atoms with Crippen molar-refractivity contribution >= 4 is 39.0 Å². The van der Waals surface area contributed by atoms with Crippen LogP contribution in [0.1, 0.15) is 5.56 Å². The number of nitrogens with zero attached hydrogens (tertiary/aromatic N) is 2. The predicted molar refractivity (Wildman–Crippen MR) is 69.2 cm³/mol. The van der Waals surface area contributed by atoms with Crippen molar-refractivity contribution in [3.63, 3.8) is 0 Å². The summed E-state index contributed by atoms with van der Waals surface area (Å²) in [6.45, 7) is 1.70. The Morgan fingerprint density at radius 1 is 1.35 bits per heavy atom. The fourth-order valence-corrected chi connectivity index (χ4v) is 1.73. The first-order valence-electron chi connectivity index (χ1n) is 4.77. The Hall–Kier alpha value is -1.20. The molecule has 88 valence electrons. The molecule has 0 spiro atoms. The average molecular weight is 317 g/mol. The van der Waals surface area contributed by atoms with Crippen LogP contribution in [0.25, 0.3) is 0 Å². The highest BCUT2D eigenvalue weighted by molar-refractivity contribution is 9.10. The number of aromatic nitrogens is 2. The van der Waals surface area contributed by atoms with Gasteiger partial charge in [-0.1, -0.05) is 11.6 Å². The molecular weight excluding hydrogens is 308 g/mol. The van der Waals surface area contributed by atoms with Gasteiger partial charge in [0.1, 0.15) is 23.1 Å². The number of aryl methyl sites for hydroxylation is 1. The Kier molecular flexibility index (Phi) is 3.59. The van der Waals surface area contributed by atoms with Crippen LogP contribution in [0.4, 0.5) is 15.9 Å². The van der Waals surface area contributed by atoms with E-state index in [2.05, 4.69) is 31.2 Å². The molecule has 0 saturated heterocycles. The maximum absolute atomic E-state index is 13.1. The standard InChI is InChI=1S/C11H8BrClFN3/c1-6-4-7(2-3-8(6)14)17-11-9(12)10(13)15-5-16-11/h2-5H,1H3,(H,15,16,17). The summed E-state index contributed by atoms with van der Waals surface area (Å²) < 4.78 is 13.7. The van der Waals surface area contributed by atoms with E-state index in [0.29, 0.717) is 21.0 Å². The van der Waals surface area contributed by atoms with Crippen LogP contribution < -0.4 is 5.32 Å². The Morgan fingerprint density at radius 3 is 2.82 bits per heavy atom. The summed E-state index contributed by atoms with van der Waals surface area (Å²) in [6.07, 6.45) is 1.35. The summed E-state index contributed by atoms with van der Waals surface area (Å²) in [7, 11) is 0. The van der Waals surface area contributed by atoms with Gasteiger partial charge in [0.15, 0.2) is 0 Å². The largest absolute Gasteiger partial charge is 0.339 e. The highest BCUT2D eigenvalue weighted by atomic mass is 79.9. The molecule has 0 saturated carbocycles. The lowest BCUT2D eigenvalue weighted by Gasteiger charge is -2.08. The highest BCUT2D eigenvalue weighted by Crippen LogP contribution is 2.28. The zero-order valence-electron chi connectivity index (χ0n) is 8.84. The smallest absolute Gasteiger partial charge is 0.149 e. The van der Waals surface area contributed by atoms with E-state index >= 15 is 0 Å². The topological polar surface area (TPSA) is 37.8 Å².